The summed E-state index contributed by atoms with van der Waals surface area (Å²) < 4.78 is 34.2. The van der Waals surface area contributed by atoms with Crippen molar-refractivity contribution in [3.8, 4) is 0 Å². The Morgan fingerprint density at radius 3 is 2.70 bits per heavy atom. The number of imidazole rings is 1. The van der Waals surface area contributed by atoms with Gasteiger partial charge < -0.3 is 0 Å². The van der Waals surface area contributed by atoms with Crippen molar-refractivity contribution in [2.45, 2.75) is 13.0 Å². The van der Waals surface area contributed by atoms with Gasteiger partial charge in [0.05, 0.1) is 25.0 Å². The van der Waals surface area contributed by atoms with Crippen LogP contribution in [0.2, 0.25) is 0 Å². The summed E-state index contributed by atoms with van der Waals surface area (Å²) in [6.07, 6.45) is 5.79. The van der Waals surface area contributed by atoms with Crippen LogP contribution in [-0.2, 0) is 23.7 Å². The van der Waals surface area contributed by atoms with Gasteiger partial charge in [-0.1, -0.05) is 18.2 Å². The van der Waals surface area contributed by atoms with E-state index in [9.17, 15) is 8.42 Å². The first-order valence-corrected chi connectivity index (χ1v) is 8.80. The zero-order chi connectivity index (χ0) is 16.9. The summed E-state index contributed by atoms with van der Waals surface area (Å²) in [5.74, 6) is 0.582. The van der Waals surface area contributed by atoms with E-state index in [1.54, 1.807) is 11.2 Å². The molecule has 0 saturated heterocycles. The zero-order valence-corrected chi connectivity index (χ0v) is 14.0. The quantitative estimate of drug-likeness (QED) is 0.355. The van der Waals surface area contributed by atoms with Gasteiger partial charge in [0.2, 0.25) is 0 Å². The SMILES string of the molecule is CN(N=Cc1n(CCCS(=O)(=O)O)cc[n+]1C)c1ccccc1. The van der Waals surface area contributed by atoms with E-state index in [1.165, 1.54) is 0 Å². The van der Waals surface area contributed by atoms with E-state index in [-0.39, 0.29) is 5.75 Å². The Balaban J connectivity index is 2.07. The lowest BCUT2D eigenvalue weighted by atomic mass is 10.3. The van der Waals surface area contributed by atoms with Crippen molar-refractivity contribution in [3.63, 3.8) is 0 Å². The maximum atomic E-state index is 10.8. The molecule has 124 valence electrons. The number of hydrogen-bond acceptors (Lipinski definition) is 4. The first kappa shape index (κ1) is 17.2. The molecule has 0 bridgehead atoms. The maximum absolute atomic E-state index is 10.8. The highest BCUT2D eigenvalue weighted by molar-refractivity contribution is 7.85. The second-order valence-electron chi connectivity index (χ2n) is 5.20. The van der Waals surface area contributed by atoms with Gasteiger partial charge >= 0.3 is 5.82 Å². The van der Waals surface area contributed by atoms with Gasteiger partial charge in [-0.25, -0.2) is 9.13 Å². The molecule has 1 heterocycles. The molecule has 0 aliphatic rings. The van der Waals surface area contributed by atoms with Crippen LogP contribution in [0.4, 0.5) is 5.69 Å². The molecule has 23 heavy (non-hydrogen) atoms. The molecule has 2 aromatic rings. The van der Waals surface area contributed by atoms with E-state index < -0.39 is 10.1 Å². The molecule has 8 heteroatoms. The Bertz CT molecular complexity index is 769. The number of benzene rings is 1. The molecule has 0 fully saturated rings. The highest BCUT2D eigenvalue weighted by Gasteiger charge is 2.14. The summed E-state index contributed by atoms with van der Waals surface area (Å²) in [4.78, 5) is 0. The smallest absolute Gasteiger partial charge is 0.286 e. The molecule has 0 saturated carbocycles. The van der Waals surface area contributed by atoms with Crippen molar-refractivity contribution >= 4 is 22.0 Å². The van der Waals surface area contributed by atoms with E-state index in [0.29, 0.717) is 13.0 Å². The average molecular weight is 337 g/mol. The molecule has 0 amide bonds. The minimum absolute atomic E-state index is 0.255. The molecular formula is C15H21N4O3S+. The molecule has 7 nitrogen and oxygen atoms in total. The topological polar surface area (TPSA) is 78.8 Å². The number of hydrazone groups is 1. The van der Waals surface area contributed by atoms with Crippen molar-refractivity contribution in [3.05, 3.63) is 48.5 Å². The van der Waals surface area contributed by atoms with Crippen molar-refractivity contribution in [2.24, 2.45) is 12.1 Å². The Morgan fingerprint density at radius 1 is 1.35 bits per heavy atom. The molecule has 0 aliphatic heterocycles. The predicted molar refractivity (Wildman–Crippen MR) is 89.1 cm³/mol. The lowest BCUT2D eigenvalue weighted by Gasteiger charge is -2.11. The largest absolute Gasteiger partial charge is 0.301 e. The van der Waals surface area contributed by atoms with Crippen molar-refractivity contribution in [1.29, 1.82) is 0 Å². The van der Waals surface area contributed by atoms with Crippen LogP contribution in [0.1, 0.15) is 12.2 Å². The van der Waals surface area contributed by atoms with Crippen LogP contribution < -0.4 is 9.58 Å². The molecular weight excluding hydrogens is 316 g/mol. The van der Waals surface area contributed by atoms with Gasteiger partial charge in [-0.2, -0.15) is 13.5 Å². The molecule has 2 rings (SSSR count). The van der Waals surface area contributed by atoms with Gasteiger partial charge in [0.15, 0.2) is 0 Å². The van der Waals surface area contributed by atoms with Crippen molar-refractivity contribution < 1.29 is 17.5 Å². The molecule has 1 aromatic heterocycles. The van der Waals surface area contributed by atoms with Gasteiger partial charge in [0.1, 0.15) is 18.6 Å². The average Bonchev–Trinajstić information content (AvgIpc) is 2.85. The lowest BCUT2D eigenvalue weighted by molar-refractivity contribution is -0.671. The minimum Gasteiger partial charge on any atom is -0.286 e. The monoisotopic (exact) mass is 337 g/mol. The van der Waals surface area contributed by atoms with Crippen LogP contribution in [0.25, 0.3) is 0 Å². The number of aryl methyl sites for hydroxylation is 2. The summed E-state index contributed by atoms with van der Waals surface area (Å²) in [5, 5.41) is 6.17. The summed E-state index contributed by atoms with van der Waals surface area (Å²) in [7, 11) is -0.173. The van der Waals surface area contributed by atoms with E-state index in [0.717, 1.165) is 11.5 Å². The van der Waals surface area contributed by atoms with Crippen molar-refractivity contribution in [1.82, 2.24) is 4.57 Å². The maximum Gasteiger partial charge on any atom is 0.301 e. The number of aromatic nitrogens is 2. The molecule has 0 atom stereocenters. The molecule has 0 aliphatic carbocycles. The molecule has 0 unspecified atom stereocenters. The molecule has 0 spiro atoms. The van der Waals surface area contributed by atoms with Gasteiger partial charge in [0, 0.05) is 13.5 Å². The Hall–Kier alpha value is -2.19. The van der Waals surface area contributed by atoms with Gasteiger partial charge in [0.25, 0.3) is 10.1 Å². The van der Waals surface area contributed by atoms with Gasteiger partial charge in [-0.15, -0.1) is 0 Å². The van der Waals surface area contributed by atoms with E-state index in [2.05, 4.69) is 5.10 Å². The lowest BCUT2D eigenvalue weighted by Crippen LogP contribution is -2.32. The number of rotatable bonds is 7. The fourth-order valence-corrected chi connectivity index (χ4v) is 2.65. The molecule has 1 N–H and O–H groups in total. The van der Waals surface area contributed by atoms with Gasteiger partial charge in [-0.3, -0.25) is 9.56 Å². The van der Waals surface area contributed by atoms with Crippen LogP contribution in [-0.4, -0.2) is 36.6 Å². The Morgan fingerprint density at radius 2 is 2.04 bits per heavy atom. The van der Waals surface area contributed by atoms with E-state index in [4.69, 9.17) is 4.55 Å². The molecule has 0 radical (unpaired) electrons. The Labute approximate surface area is 136 Å². The Kier molecular flexibility index (Phi) is 5.51. The first-order valence-electron chi connectivity index (χ1n) is 7.19. The summed E-state index contributed by atoms with van der Waals surface area (Å²) in [5.41, 5.74) is 0.968. The third-order valence-electron chi connectivity index (χ3n) is 3.40. The highest BCUT2D eigenvalue weighted by atomic mass is 32.2. The summed E-state index contributed by atoms with van der Waals surface area (Å²) in [6, 6.07) is 9.76. The van der Waals surface area contributed by atoms with Crippen LogP contribution in [0.15, 0.2) is 47.8 Å². The number of anilines is 1. The summed E-state index contributed by atoms with van der Waals surface area (Å²) >= 11 is 0. The third kappa shape index (κ3) is 5.19. The van der Waals surface area contributed by atoms with Gasteiger partial charge in [-0.05, 0) is 12.1 Å². The van der Waals surface area contributed by atoms with Crippen LogP contribution in [0, 0.1) is 0 Å². The fourth-order valence-electron chi connectivity index (χ4n) is 2.16. The second-order valence-corrected chi connectivity index (χ2v) is 6.78. The normalized spacial score (nSPS) is 12.0. The van der Waals surface area contributed by atoms with Crippen LogP contribution in [0.3, 0.4) is 0 Å². The van der Waals surface area contributed by atoms with Crippen molar-refractivity contribution in [2.75, 3.05) is 17.8 Å². The highest BCUT2D eigenvalue weighted by Crippen LogP contribution is 2.10. The standard InChI is InChI=1S/C15H20N4O3S/c1-17-10-11-19(9-6-12-23(20,21)22)15(17)13-16-18(2)14-7-4-3-5-8-14/h3-5,7-8,10-11,13H,6,9,12H2,1-2H3/p+1. The predicted octanol–water partition coefficient (Wildman–Crippen LogP) is 1.06. The minimum atomic E-state index is -3.92. The van der Waals surface area contributed by atoms with Crippen LogP contribution in [0.5, 0.6) is 0 Å². The number of para-hydroxylation sites is 1. The molecule has 1 aromatic carbocycles. The summed E-state index contributed by atoms with van der Waals surface area (Å²) in [6.45, 7) is 0.483. The van der Waals surface area contributed by atoms with E-state index in [1.807, 2.05) is 66.0 Å². The zero-order valence-electron chi connectivity index (χ0n) is 13.2. The first-order chi connectivity index (χ1) is 10.9. The second kappa shape index (κ2) is 7.38. The number of nitrogens with zero attached hydrogens (tertiary/aromatic N) is 4. The number of hydrogen-bond donors (Lipinski definition) is 1. The van der Waals surface area contributed by atoms with Crippen LogP contribution >= 0.6 is 0 Å². The third-order valence-corrected chi connectivity index (χ3v) is 4.21. The van der Waals surface area contributed by atoms with E-state index >= 15 is 0 Å². The fraction of sp³-hybridized carbons (Fsp3) is 0.333.